The lowest BCUT2D eigenvalue weighted by Gasteiger charge is -2.24. The molecule has 2 aromatic rings. The third-order valence-corrected chi connectivity index (χ3v) is 3.81. The van der Waals surface area contributed by atoms with Gasteiger partial charge in [0.25, 0.3) is 0 Å². The van der Waals surface area contributed by atoms with Gasteiger partial charge in [0.05, 0.1) is 5.39 Å². The molecule has 0 bridgehead atoms. The molecule has 0 aliphatic carbocycles. The average Bonchev–Trinajstić information content (AvgIpc) is 2.95. The maximum Gasteiger partial charge on any atom is 0.410 e. The third-order valence-electron chi connectivity index (χ3n) is 3.81. The Balaban J connectivity index is 1.75. The lowest BCUT2D eigenvalue weighted by Crippen LogP contribution is -2.35. The number of carbonyl (C=O) groups is 1. The van der Waals surface area contributed by atoms with E-state index in [4.69, 9.17) is 10.5 Å². The van der Waals surface area contributed by atoms with Gasteiger partial charge < -0.3 is 15.4 Å². The first-order chi connectivity index (χ1) is 10.8. The molecule has 7 nitrogen and oxygen atoms in total. The number of fused-ring (bicyclic) bond motifs is 1. The van der Waals surface area contributed by atoms with Crippen molar-refractivity contribution in [1.82, 2.24) is 19.9 Å². The van der Waals surface area contributed by atoms with Crippen molar-refractivity contribution in [2.45, 2.75) is 38.7 Å². The third kappa shape index (κ3) is 3.33. The molecule has 0 unspecified atom stereocenters. The lowest BCUT2D eigenvalue weighted by atomic mass is 10.0. The number of nitrogen functional groups attached to an aromatic ring is 1. The van der Waals surface area contributed by atoms with Crippen LogP contribution in [0.5, 0.6) is 0 Å². The highest BCUT2D eigenvalue weighted by Gasteiger charge is 2.31. The molecule has 1 fully saturated rings. The van der Waals surface area contributed by atoms with Gasteiger partial charge in [-0.1, -0.05) is 0 Å². The van der Waals surface area contributed by atoms with Gasteiger partial charge in [-0.2, -0.15) is 0 Å². The molecule has 0 radical (unpaired) electrons. The zero-order valence-corrected chi connectivity index (χ0v) is 13.6. The number of hydrogen-bond acceptors (Lipinski definition) is 6. The van der Waals surface area contributed by atoms with Crippen molar-refractivity contribution in [2.24, 2.45) is 0 Å². The second-order valence-corrected chi connectivity index (χ2v) is 6.78. The Morgan fingerprint density at radius 3 is 2.87 bits per heavy atom. The highest BCUT2D eigenvalue weighted by molar-refractivity contribution is 5.84. The van der Waals surface area contributed by atoms with Crippen LogP contribution in [-0.4, -0.2) is 44.6 Å². The quantitative estimate of drug-likeness (QED) is 0.868. The molecule has 1 atom stereocenters. The van der Waals surface area contributed by atoms with Gasteiger partial charge in [0.1, 0.15) is 17.7 Å². The van der Waals surface area contributed by atoms with E-state index in [-0.39, 0.29) is 12.0 Å². The van der Waals surface area contributed by atoms with Crippen molar-refractivity contribution in [2.75, 3.05) is 18.8 Å². The fraction of sp³-hybridized carbons (Fsp3) is 0.500. The van der Waals surface area contributed by atoms with Gasteiger partial charge in [-0.25, -0.2) is 19.7 Å². The number of nitrogens with zero attached hydrogens (tertiary/aromatic N) is 4. The molecule has 0 aromatic carbocycles. The van der Waals surface area contributed by atoms with E-state index in [1.807, 2.05) is 32.9 Å². The second-order valence-electron chi connectivity index (χ2n) is 6.78. The first-order valence-corrected chi connectivity index (χ1v) is 7.68. The number of anilines is 1. The Morgan fingerprint density at radius 2 is 2.13 bits per heavy atom. The molecule has 1 saturated heterocycles. The number of ether oxygens (including phenoxy) is 1. The first-order valence-electron chi connectivity index (χ1n) is 7.68. The summed E-state index contributed by atoms with van der Waals surface area (Å²) in [5, 5.41) is 0.748. The summed E-state index contributed by atoms with van der Waals surface area (Å²) in [6.45, 7) is 6.88. The minimum Gasteiger partial charge on any atom is -0.444 e. The number of carbonyl (C=O) groups excluding carboxylic acids is 1. The predicted octanol–water partition coefficient (Wildman–Crippen LogP) is 2.33. The van der Waals surface area contributed by atoms with E-state index < -0.39 is 5.60 Å². The van der Waals surface area contributed by atoms with E-state index >= 15 is 0 Å². The molecule has 1 aliphatic heterocycles. The van der Waals surface area contributed by atoms with Crippen molar-refractivity contribution in [1.29, 1.82) is 0 Å². The SMILES string of the molecule is CC(C)(C)OC(=O)N1CC[C@@H](c2ccc3c(N)ncnc3n2)C1. The number of hydrogen-bond donors (Lipinski definition) is 1. The predicted molar refractivity (Wildman–Crippen MR) is 86.9 cm³/mol. The molecule has 0 spiro atoms. The van der Waals surface area contributed by atoms with E-state index in [0.29, 0.717) is 24.6 Å². The number of aromatic nitrogens is 3. The molecule has 23 heavy (non-hydrogen) atoms. The molecule has 0 saturated carbocycles. The van der Waals surface area contributed by atoms with Gasteiger partial charge in [0.2, 0.25) is 0 Å². The van der Waals surface area contributed by atoms with Crippen LogP contribution in [0.1, 0.15) is 38.8 Å². The summed E-state index contributed by atoms with van der Waals surface area (Å²) >= 11 is 0. The fourth-order valence-electron chi connectivity index (χ4n) is 2.70. The van der Waals surface area contributed by atoms with Crippen LogP contribution in [-0.2, 0) is 4.74 Å². The Hall–Kier alpha value is -2.44. The standard InChI is InChI=1S/C16H21N5O2/c1-16(2,3)23-15(22)21-7-6-10(8-21)12-5-4-11-13(17)18-9-19-14(11)20-12/h4-5,9-10H,6-8H2,1-3H3,(H2,17,18,19,20)/t10-/m1/s1. The van der Waals surface area contributed by atoms with Gasteiger partial charge in [-0.15, -0.1) is 0 Å². The highest BCUT2D eigenvalue weighted by Crippen LogP contribution is 2.28. The van der Waals surface area contributed by atoms with Gasteiger partial charge in [-0.3, -0.25) is 0 Å². The largest absolute Gasteiger partial charge is 0.444 e. The zero-order chi connectivity index (χ0) is 16.6. The van der Waals surface area contributed by atoms with Crippen LogP contribution in [0.25, 0.3) is 11.0 Å². The fourth-order valence-corrected chi connectivity index (χ4v) is 2.70. The van der Waals surface area contributed by atoms with Crippen molar-refractivity contribution < 1.29 is 9.53 Å². The summed E-state index contributed by atoms with van der Waals surface area (Å²) in [4.78, 5) is 26.6. The summed E-state index contributed by atoms with van der Waals surface area (Å²) < 4.78 is 5.42. The Labute approximate surface area is 134 Å². The minimum atomic E-state index is -0.481. The Kier molecular flexibility index (Phi) is 3.79. The highest BCUT2D eigenvalue weighted by atomic mass is 16.6. The Morgan fingerprint density at radius 1 is 1.35 bits per heavy atom. The van der Waals surface area contributed by atoms with Gasteiger partial charge in [0, 0.05) is 24.7 Å². The van der Waals surface area contributed by atoms with Crippen LogP contribution < -0.4 is 5.73 Å². The lowest BCUT2D eigenvalue weighted by molar-refractivity contribution is 0.0292. The molecular weight excluding hydrogens is 294 g/mol. The minimum absolute atomic E-state index is 0.183. The van der Waals surface area contributed by atoms with Crippen LogP contribution in [0.4, 0.5) is 10.6 Å². The van der Waals surface area contributed by atoms with Gasteiger partial charge >= 0.3 is 6.09 Å². The van der Waals surface area contributed by atoms with E-state index in [0.717, 1.165) is 17.5 Å². The number of nitrogens with two attached hydrogens (primary N) is 1. The van der Waals surface area contributed by atoms with Crippen LogP contribution in [0, 0.1) is 0 Å². The summed E-state index contributed by atoms with van der Waals surface area (Å²) in [5.41, 5.74) is 6.85. The Bertz CT molecular complexity index is 741. The number of likely N-dealkylation sites (tertiary alicyclic amines) is 1. The summed E-state index contributed by atoms with van der Waals surface area (Å²) in [7, 11) is 0. The topological polar surface area (TPSA) is 94.2 Å². The molecule has 3 rings (SSSR count). The molecular formula is C16H21N5O2. The normalized spacial score (nSPS) is 18.4. The van der Waals surface area contributed by atoms with Crippen LogP contribution >= 0.6 is 0 Å². The van der Waals surface area contributed by atoms with Crippen molar-refractivity contribution in [3.8, 4) is 0 Å². The van der Waals surface area contributed by atoms with Crippen LogP contribution in [0.15, 0.2) is 18.5 Å². The molecule has 7 heteroatoms. The van der Waals surface area contributed by atoms with E-state index in [2.05, 4.69) is 15.0 Å². The summed E-state index contributed by atoms with van der Waals surface area (Å²) in [6, 6.07) is 3.83. The molecule has 3 heterocycles. The summed E-state index contributed by atoms with van der Waals surface area (Å²) in [6.07, 6.45) is 2.00. The van der Waals surface area contributed by atoms with Crippen molar-refractivity contribution in [3.63, 3.8) is 0 Å². The molecule has 1 aliphatic rings. The van der Waals surface area contributed by atoms with Crippen molar-refractivity contribution in [3.05, 3.63) is 24.2 Å². The molecule has 122 valence electrons. The number of rotatable bonds is 1. The van der Waals surface area contributed by atoms with Gasteiger partial charge in [0.15, 0.2) is 5.65 Å². The zero-order valence-electron chi connectivity index (χ0n) is 13.6. The van der Waals surface area contributed by atoms with E-state index in [1.165, 1.54) is 6.33 Å². The summed E-state index contributed by atoms with van der Waals surface area (Å²) in [5.74, 6) is 0.610. The number of amides is 1. The van der Waals surface area contributed by atoms with E-state index in [1.54, 1.807) is 4.90 Å². The maximum absolute atomic E-state index is 12.1. The monoisotopic (exact) mass is 315 g/mol. The average molecular weight is 315 g/mol. The molecule has 2 N–H and O–H groups in total. The second kappa shape index (κ2) is 5.64. The maximum atomic E-state index is 12.1. The molecule has 2 aromatic heterocycles. The number of pyridine rings is 1. The van der Waals surface area contributed by atoms with Crippen LogP contribution in [0.3, 0.4) is 0 Å². The smallest absolute Gasteiger partial charge is 0.410 e. The first kappa shape index (κ1) is 15.5. The van der Waals surface area contributed by atoms with Crippen LogP contribution in [0.2, 0.25) is 0 Å². The van der Waals surface area contributed by atoms with Crippen molar-refractivity contribution >= 4 is 22.9 Å². The van der Waals surface area contributed by atoms with Gasteiger partial charge in [-0.05, 0) is 39.3 Å². The van der Waals surface area contributed by atoms with E-state index in [9.17, 15) is 4.79 Å². The molecule has 1 amide bonds.